The third kappa shape index (κ3) is 3.19. The first kappa shape index (κ1) is 14.8. The van der Waals surface area contributed by atoms with E-state index in [0.717, 1.165) is 25.0 Å². The summed E-state index contributed by atoms with van der Waals surface area (Å²) in [6.45, 7) is 4.03. The number of amides is 2. The van der Waals surface area contributed by atoms with Crippen LogP contribution in [0.3, 0.4) is 0 Å². The summed E-state index contributed by atoms with van der Waals surface area (Å²) in [6.07, 6.45) is 3.44. The average Bonchev–Trinajstić information content (AvgIpc) is 3.03. The van der Waals surface area contributed by atoms with E-state index in [1.807, 2.05) is 25.1 Å². The minimum atomic E-state index is -0.132. The van der Waals surface area contributed by atoms with Crippen LogP contribution in [0.1, 0.15) is 26.2 Å². The van der Waals surface area contributed by atoms with E-state index in [4.69, 9.17) is 4.74 Å². The monoisotopic (exact) mass is 303 g/mol. The number of benzene rings is 1. The van der Waals surface area contributed by atoms with Crippen molar-refractivity contribution in [1.29, 1.82) is 0 Å². The molecule has 3 rings (SSSR count). The van der Waals surface area contributed by atoms with Crippen LogP contribution in [-0.4, -0.2) is 52.1 Å². The maximum absolute atomic E-state index is 12.5. The number of hydrogen-bond donors (Lipinski definition) is 2. The third-order valence-corrected chi connectivity index (χ3v) is 3.96. The quantitative estimate of drug-likeness (QED) is 0.908. The number of rotatable bonds is 4. The number of hydrogen-bond acceptors (Lipinski definition) is 4. The van der Waals surface area contributed by atoms with Crippen LogP contribution in [0.25, 0.3) is 11.0 Å². The summed E-state index contributed by atoms with van der Waals surface area (Å²) in [5.41, 5.74) is 2.07. The van der Waals surface area contributed by atoms with Crippen LogP contribution in [0.2, 0.25) is 0 Å². The van der Waals surface area contributed by atoms with Gasteiger partial charge >= 0.3 is 6.03 Å². The molecule has 2 heterocycles. The van der Waals surface area contributed by atoms with E-state index in [-0.39, 0.29) is 12.1 Å². The van der Waals surface area contributed by atoms with Crippen molar-refractivity contribution in [1.82, 2.24) is 20.3 Å². The Morgan fingerprint density at radius 3 is 3.14 bits per heavy atom. The number of likely N-dealkylation sites (N-methyl/N-ethyl adjacent to an activating group) is 1. The predicted molar refractivity (Wildman–Crippen MR) is 83.7 cm³/mol. The lowest BCUT2D eigenvalue weighted by Gasteiger charge is -2.29. The van der Waals surface area contributed by atoms with Gasteiger partial charge in [-0.25, -0.2) is 4.79 Å². The first-order valence-corrected chi connectivity index (χ1v) is 7.75. The van der Waals surface area contributed by atoms with Gasteiger partial charge in [-0.05, 0) is 38.3 Å². The lowest BCUT2D eigenvalue weighted by Crippen LogP contribution is -2.41. The predicted octanol–water partition coefficient (Wildman–Crippen LogP) is 2.38. The van der Waals surface area contributed by atoms with Gasteiger partial charge in [-0.15, -0.1) is 0 Å². The van der Waals surface area contributed by atoms with Crippen molar-refractivity contribution in [2.24, 2.45) is 0 Å². The van der Waals surface area contributed by atoms with Crippen LogP contribution < -0.4 is 5.32 Å². The number of nitrogens with one attached hydrogen (secondary N) is 2. The molecule has 22 heavy (non-hydrogen) atoms. The largest absolute Gasteiger partial charge is 0.376 e. The standard InChI is InChI=1S/C15H21N5O2/c1-2-20(10-11-6-3-4-9-22-11)15(21)16-12-7-5-8-13-14(12)18-19-17-13/h5,7-8,11H,2-4,6,9-10H2,1H3,(H,16,21)(H,17,18,19). The molecule has 0 spiro atoms. The van der Waals surface area contributed by atoms with Gasteiger partial charge in [-0.3, -0.25) is 0 Å². The maximum Gasteiger partial charge on any atom is 0.321 e. The molecule has 1 aromatic carbocycles. The van der Waals surface area contributed by atoms with Crippen molar-refractivity contribution >= 4 is 22.8 Å². The Morgan fingerprint density at radius 2 is 2.36 bits per heavy atom. The molecule has 0 aliphatic carbocycles. The number of aromatic nitrogens is 3. The van der Waals surface area contributed by atoms with E-state index < -0.39 is 0 Å². The zero-order chi connectivity index (χ0) is 15.4. The Balaban J connectivity index is 1.67. The Kier molecular flexibility index (Phi) is 4.53. The highest BCUT2D eigenvalue weighted by Crippen LogP contribution is 2.20. The first-order valence-electron chi connectivity index (χ1n) is 7.75. The summed E-state index contributed by atoms with van der Waals surface area (Å²) in [7, 11) is 0. The number of ether oxygens (including phenoxy) is 1. The number of anilines is 1. The number of H-pyrrole nitrogens is 1. The zero-order valence-electron chi connectivity index (χ0n) is 12.7. The summed E-state index contributed by atoms with van der Waals surface area (Å²) in [4.78, 5) is 14.3. The topological polar surface area (TPSA) is 83.1 Å². The second kappa shape index (κ2) is 6.74. The molecule has 7 heteroatoms. The van der Waals surface area contributed by atoms with Crippen LogP contribution in [0.15, 0.2) is 18.2 Å². The highest BCUT2D eigenvalue weighted by Gasteiger charge is 2.21. The van der Waals surface area contributed by atoms with E-state index in [1.54, 1.807) is 4.90 Å². The summed E-state index contributed by atoms with van der Waals surface area (Å²) in [5.74, 6) is 0. The molecule has 1 fully saturated rings. The third-order valence-electron chi connectivity index (χ3n) is 3.96. The van der Waals surface area contributed by atoms with Crippen LogP contribution in [0, 0.1) is 0 Å². The number of para-hydroxylation sites is 1. The number of carbonyl (C=O) groups is 1. The van der Waals surface area contributed by atoms with Gasteiger partial charge in [0.1, 0.15) is 11.0 Å². The molecule has 0 bridgehead atoms. The van der Waals surface area contributed by atoms with Crippen LogP contribution in [-0.2, 0) is 4.74 Å². The Labute approximate surface area is 129 Å². The molecule has 1 aliphatic heterocycles. The lowest BCUT2D eigenvalue weighted by atomic mass is 10.1. The summed E-state index contributed by atoms with van der Waals surface area (Å²) >= 11 is 0. The van der Waals surface area contributed by atoms with Crippen LogP contribution in [0.4, 0.5) is 10.5 Å². The van der Waals surface area contributed by atoms with Crippen LogP contribution in [0.5, 0.6) is 0 Å². The molecule has 1 saturated heterocycles. The number of fused-ring (bicyclic) bond motifs is 1. The van der Waals surface area contributed by atoms with Crippen molar-refractivity contribution in [3.05, 3.63) is 18.2 Å². The van der Waals surface area contributed by atoms with Gasteiger partial charge in [0.2, 0.25) is 0 Å². The van der Waals surface area contributed by atoms with Gasteiger partial charge in [0.05, 0.1) is 11.8 Å². The van der Waals surface area contributed by atoms with E-state index >= 15 is 0 Å². The molecule has 2 N–H and O–H groups in total. The molecular formula is C15H21N5O2. The average molecular weight is 303 g/mol. The fourth-order valence-corrected chi connectivity index (χ4v) is 2.72. The fraction of sp³-hybridized carbons (Fsp3) is 0.533. The summed E-state index contributed by atoms with van der Waals surface area (Å²) in [5, 5.41) is 13.6. The van der Waals surface area contributed by atoms with E-state index in [9.17, 15) is 4.79 Å². The van der Waals surface area contributed by atoms with Crippen molar-refractivity contribution < 1.29 is 9.53 Å². The number of carbonyl (C=O) groups excluding carboxylic acids is 1. The molecule has 118 valence electrons. The first-order chi connectivity index (χ1) is 10.8. The van der Waals surface area contributed by atoms with Gasteiger partial charge in [0, 0.05) is 19.7 Å². The lowest BCUT2D eigenvalue weighted by molar-refractivity contribution is 0.00221. The van der Waals surface area contributed by atoms with Crippen molar-refractivity contribution in [3.63, 3.8) is 0 Å². The second-order valence-electron chi connectivity index (χ2n) is 5.45. The molecule has 2 amide bonds. The molecule has 1 aliphatic rings. The van der Waals surface area contributed by atoms with Crippen molar-refractivity contribution in [3.8, 4) is 0 Å². The number of nitrogens with zero attached hydrogens (tertiary/aromatic N) is 3. The highest BCUT2D eigenvalue weighted by atomic mass is 16.5. The minimum absolute atomic E-state index is 0.132. The number of aromatic amines is 1. The molecule has 0 radical (unpaired) electrons. The Hall–Kier alpha value is -2.15. The molecule has 0 saturated carbocycles. The normalized spacial score (nSPS) is 18.3. The van der Waals surface area contributed by atoms with Crippen molar-refractivity contribution in [2.75, 3.05) is 25.0 Å². The highest BCUT2D eigenvalue weighted by molar-refractivity contribution is 5.98. The fourth-order valence-electron chi connectivity index (χ4n) is 2.72. The van der Waals surface area contributed by atoms with E-state index in [2.05, 4.69) is 20.7 Å². The van der Waals surface area contributed by atoms with Gasteiger partial charge in [0.15, 0.2) is 0 Å². The van der Waals surface area contributed by atoms with Gasteiger partial charge < -0.3 is 15.0 Å². The Morgan fingerprint density at radius 1 is 1.45 bits per heavy atom. The van der Waals surface area contributed by atoms with Crippen LogP contribution >= 0.6 is 0 Å². The maximum atomic E-state index is 12.5. The van der Waals surface area contributed by atoms with E-state index in [1.165, 1.54) is 6.42 Å². The SMILES string of the molecule is CCN(CC1CCCCO1)C(=O)Nc1cccc2n[nH]nc12. The Bertz CT molecular complexity index is 636. The van der Waals surface area contributed by atoms with Gasteiger partial charge in [0.25, 0.3) is 0 Å². The smallest absolute Gasteiger partial charge is 0.321 e. The van der Waals surface area contributed by atoms with Gasteiger partial charge in [-0.2, -0.15) is 15.4 Å². The molecular weight excluding hydrogens is 282 g/mol. The molecule has 1 unspecified atom stereocenters. The summed E-state index contributed by atoms with van der Waals surface area (Å²) < 4.78 is 5.72. The second-order valence-corrected chi connectivity index (χ2v) is 5.45. The molecule has 1 atom stereocenters. The van der Waals surface area contributed by atoms with E-state index in [0.29, 0.717) is 24.3 Å². The molecule has 2 aromatic rings. The molecule has 7 nitrogen and oxygen atoms in total. The summed E-state index contributed by atoms with van der Waals surface area (Å²) in [6, 6.07) is 5.39. The minimum Gasteiger partial charge on any atom is -0.376 e. The zero-order valence-corrected chi connectivity index (χ0v) is 12.7. The van der Waals surface area contributed by atoms with Crippen molar-refractivity contribution in [2.45, 2.75) is 32.3 Å². The van der Waals surface area contributed by atoms with Gasteiger partial charge in [-0.1, -0.05) is 6.07 Å². The number of urea groups is 1. The molecule has 1 aromatic heterocycles.